The first kappa shape index (κ1) is 11.7. The van der Waals surface area contributed by atoms with E-state index in [1.165, 1.54) is 12.1 Å². The van der Waals surface area contributed by atoms with Crippen LogP contribution in [0.15, 0.2) is 24.3 Å². The monoisotopic (exact) mass is 198 g/mol. The molecule has 1 aromatic carbocycles. The molecular formula is C7H7ClMgO3. The molecule has 0 aliphatic rings. The van der Waals surface area contributed by atoms with E-state index in [1.807, 2.05) is 0 Å². The van der Waals surface area contributed by atoms with Crippen molar-refractivity contribution in [2.45, 2.75) is 0 Å². The fraction of sp³-hybridized carbons (Fsp3) is 0. The summed E-state index contributed by atoms with van der Waals surface area (Å²) in [4.78, 5) is 14.2. The number of hydrogen-bond acceptors (Lipinski definition) is 3. The standard InChI is InChI=1S/C7H5ClO3.Mg.2H/c8-6-4-2-1-3-5(6)7(9)11-10;;;/h1-4,10H;;;. The zero-order valence-electron chi connectivity index (χ0n) is 5.45. The van der Waals surface area contributed by atoms with Gasteiger partial charge in [0.2, 0.25) is 0 Å². The average Bonchev–Trinajstić information content (AvgIpc) is 2.04. The molecule has 3 nitrogen and oxygen atoms in total. The van der Waals surface area contributed by atoms with Gasteiger partial charge in [-0.1, -0.05) is 23.7 Å². The summed E-state index contributed by atoms with van der Waals surface area (Å²) >= 11 is 5.59. The summed E-state index contributed by atoms with van der Waals surface area (Å²) in [7, 11) is 0. The maximum absolute atomic E-state index is 10.7. The van der Waals surface area contributed by atoms with Crippen molar-refractivity contribution < 1.29 is 14.9 Å². The van der Waals surface area contributed by atoms with Crippen LogP contribution < -0.4 is 0 Å². The van der Waals surface area contributed by atoms with Crippen molar-refractivity contribution in [3.63, 3.8) is 0 Å². The van der Waals surface area contributed by atoms with E-state index in [0.717, 1.165) is 0 Å². The summed E-state index contributed by atoms with van der Waals surface area (Å²) < 4.78 is 0. The Bertz CT molecular complexity index is 277. The molecule has 0 heterocycles. The normalized spacial score (nSPS) is 8.50. The zero-order valence-corrected chi connectivity index (χ0v) is 6.21. The number of halogens is 1. The first-order valence-electron chi connectivity index (χ1n) is 2.86. The Labute approximate surface area is 90.4 Å². The Morgan fingerprint density at radius 3 is 2.50 bits per heavy atom. The minimum absolute atomic E-state index is 0. The molecule has 0 bridgehead atoms. The Morgan fingerprint density at radius 2 is 2.00 bits per heavy atom. The third-order valence-corrected chi connectivity index (χ3v) is 1.51. The van der Waals surface area contributed by atoms with E-state index in [4.69, 9.17) is 16.9 Å². The molecule has 0 aromatic heterocycles. The van der Waals surface area contributed by atoms with E-state index in [9.17, 15) is 4.79 Å². The van der Waals surface area contributed by atoms with Crippen LogP contribution in [0.3, 0.4) is 0 Å². The third kappa shape index (κ3) is 2.64. The molecule has 0 unspecified atom stereocenters. The van der Waals surface area contributed by atoms with Gasteiger partial charge in [0.15, 0.2) is 0 Å². The second kappa shape index (κ2) is 5.37. The van der Waals surface area contributed by atoms with E-state index >= 15 is 0 Å². The lowest BCUT2D eigenvalue weighted by molar-refractivity contribution is -0.182. The molecule has 0 fully saturated rings. The molecule has 0 saturated heterocycles. The number of benzene rings is 1. The first-order chi connectivity index (χ1) is 5.25. The molecule has 0 amide bonds. The molecule has 0 atom stereocenters. The van der Waals surface area contributed by atoms with Gasteiger partial charge in [-0.2, -0.15) is 5.26 Å². The van der Waals surface area contributed by atoms with Crippen LogP contribution in [-0.4, -0.2) is 34.3 Å². The van der Waals surface area contributed by atoms with E-state index in [-0.39, 0.29) is 33.6 Å². The van der Waals surface area contributed by atoms with Crippen molar-refractivity contribution in [2.75, 3.05) is 0 Å². The highest BCUT2D eigenvalue weighted by atomic mass is 35.5. The van der Waals surface area contributed by atoms with E-state index in [2.05, 4.69) is 4.89 Å². The number of hydrogen-bond donors (Lipinski definition) is 1. The van der Waals surface area contributed by atoms with Crippen molar-refractivity contribution in [2.24, 2.45) is 0 Å². The quantitative estimate of drug-likeness (QED) is 0.417. The summed E-state index contributed by atoms with van der Waals surface area (Å²) in [6, 6.07) is 6.29. The molecular weight excluding hydrogens is 192 g/mol. The molecule has 0 aliphatic carbocycles. The fourth-order valence-corrected chi connectivity index (χ4v) is 0.889. The predicted octanol–water partition coefficient (Wildman–Crippen LogP) is 1.05. The number of carbonyl (C=O) groups excluding carboxylic acids is 1. The van der Waals surface area contributed by atoms with Crippen LogP contribution in [0.5, 0.6) is 0 Å². The lowest BCUT2D eigenvalue weighted by Crippen LogP contribution is -2.01. The Kier molecular flexibility index (Phi) is 5.24. The van der Waals surface area contributed by atoms with Crippen LogP contribution in [-0.2, 0) is 4.89 Å². The molecule has 12 heavy (non-hydrogen) atoms. The van der Waals surface area contributed by atoms with Crippen molar-refractivity contribution in [1.29, 1.82) is 0 Å². The molecule has 62 valence electrons. The van der Waals surface area contributed by atoms with Gasteiger partial charge in [-0.3, -0.25) is 4.89 Å². The highest BCUT2D eigenvalue weighted by Crippen LogP contribution is 2.14. The van der Waals surface area contributed by atoms with Gasteiger partial charge in [0.05, 0.1) is 10.6 Å². The summed E-state index contributed by atoms with van der Waals surface area (Å²) in [5.41, 5.74) is 0.150. The molecule has 1 aromatic rings. The van der Waals surface area contributed by atoms with Crippen molar-refractivity contribution in [3.05, 3.63) is 34.9 Å². The molecule has 0 aliphatic heterocycles. The van der Waals surface area contributed by atoms with Crippen LogP contribution in [0.2, 0.25) is 5.02 Å². The first-order valence-corrected chi connectivity index (χ1v) is 3.24. The summed E-state index contributed by atoms with van der Waals surface area (Å²) in [5.74, 6) is -0.851. The predicted molar refractivity (Wildman–Crippen MR) is 48.0 cm³/mol. The Balaban J connectivity index is 0.00000121. The minimum atomic E-state index is -0.851. The Morgan fingerprint density at radius 1 is 1.42 bits per heavy atom. The van der Waals surface area contributed by atoms with Gasteiger partial charge in [-0.05, 0) is 12.1 Å². The highest BCUT2D eigenvalue weighted by Gasteiger charge is 2.09. The average molecular weight is 199 g/mol. The van der Waals surface area contributed by atoms with E-state index < -0.39 is 5.97 Å². The lowest BCUT2D eigenvalue weighted by atomic mass is 10.2. The van der Waals surface area contributed by atoms with Gasteiger partial charge in [0.25, 0.3) is 0 Å². The highest BCUT2D eigenvalue weighted by molar-refractivity contribution is 6.33. The van der Waals surface area contributed by atoms with Crippen LogP contribution in [0.4, 0.5) is 0 Å². The second-order valence-electron chi connectivity index (χ2n) is 1.86. The molecule has 5 heteroatoms. The largest absolute Gasteiger partial charge is 0.374 e. The topological polar surface area (TPSA) is 46.5 Å². The SMILES string of the molecule is O=C(OO)c1ccccc1Cl.[MgH2]. The number of rotatable bonds is 1. The zero-order chi connectivity index (χ0) is 8.27. The molecule has 1 rings (SSSR count). The number of carbonyl (C=O) groups is 1. The van der Waals surface area contributed by atoms with Crippen LogP contribution in [0.1, 0.15) is 10.4 Å². The van der Waals surface area contributed by atoms with Gasteiger partial charge in [0.1, 0.15) is 0 Å². The summed E-state index contributed by atoms with van der Waals surface area (Å²) in [6.45, 7) is 0. The molecule has 0 radical (unpaired) electrons. The maximum atomic E-state index is 10.7. The summed E-state index contributed by atoms with van der Waals surface area (Å²) in [6.07, 6.45) is 0. The Hall–Kier alpha value is -0.294. The van der Waals surface area contributed by atoms with Crippen molar-refractivity contribution in [3.8, 4) is 0 Å². The molecule has 0 saturated carbocycles. The van der Waals surface area contributed by atoms with Crippen molar-refractivity contribution >= 4 is 40.6 Å². The van der Waals surface area contributed by atoms with E-state index in [1.54, 1.807) is 12.1 Å². The van der Waals surface area contributed by atoms with Crippen LogP contribution >= 0.6 is 11.6 Å². The third-order valence-electron chi connectivity index (χ3n) is 1.18. The van der Waals surface area contributed by atoms with Crippen LogP contribution in [0.25, 0.3) is 0 Å². The lowest BCUT2D eigenvalue weighted by Gasteiger charge is -1.97. The van der Waals surface area contributed by atoms with Gasteiger partial charge in [0, 0.05) is 0 Å². The maximum Gasteiger partial charge on any atom is 0.374 e. The molecule has 1 N–H and O–H groups in total. The van der Waals surface area contributed by atoms with Gasteiger partial charge in [-0.25, -0.2) is 4.79 Å². The van der Waals surface area contributed by atoms with Gasteiger partial charge >= 0.3 is 29.0 Å². The van der Waals surface area contributed by atoms with Gasteiger partial charge in [-0.15, -0.1) is 0 Å². The van der Waals surface area contributed by atoms with E-state index in [0.29, 0.717) is 0 Å². The smallest absolute Gasteiger partial charge is 0.295 e. The second-order valence-corrected chi connectivity index (χ2v) is 2.27. The molecule has 0 spiro atoms. The fourth-order valence-electron chi connectivity index (χ4n) is 0.676. The summed E-state index contributed by atoms with van der Waals surface area (Å²) in [5, 5.41) is 8.26. The minimum Gasteiger partial charge on any atom is -0.295 e. The van der Waals surface area contributed by atoms with Gasteiger partial charge < -0.3 is 0 Å². The van der Waals surface area contributed by atoms with Crippen molar-refractivity contribution in [1.82, 2.24) is 0 Å². The van der Waals surface area contributed by atoms with Crippen LogP contribution in [0, 0.1) is 0 Å².